The molecular weight excluding hydrogens is 335 g/mol. The second kappa shape index (κ2) is 6.20. The van der Waals surface area contributed by atoms with Gasteiger partial charge < -0.3 is 9.87 Å². The fraction of sp³-hybridized carbons (Fsp3) is 0.308. The van der Waals surface area contributed by atoms with Crippen LogP contribution in [0, 0.1) is 13.8 Å². The third-order valence-electron chi connectivity index (χ3n) is 3.13. The highest BCUT2D eigenvalue weighted by Crippen LogP contribution is 2.37. The van der Waals surface area contributed by atoms with Crippen LogP contribution in [-0.4, -0.2) is 27.0 Å². The van der Waals surface area contributed by atoms with Gasteiger partial charge >= 0.3 is 6.18 Å². The molecule has 0 bridgehead atoms. The minimum Gasteiger partial charge on any atom is -0.612 e. The van der Waals surface area contributed by atoms with Crippen LogP contribution < -0.4 is 5.32 Å². The van der Waals surface area contributed by atoms with Gasteiger partial charge in [-0.05, 0) is 42.3 Å². The molecule has 0 fully saturated rings. The number of benzene rings is 1. The number of alkyl halides is 3. The highest BCUT2D eigenvalue weighted by molar-refractivity contribution is 7.90. The zero-order chi connectivity index (χ0) is 17.4. The molecule has 0 saturated carbocycles. The van der Waals surface area contributed by atoms with Gasteiger partial charge in [0.2, 0.25) is 5.82 Å². The number of rotatable bonds is 3. The van der Waals surface area contributed by atoms with Crippen molar-refractivity contribution in [1.82, 2.24) is 10.3 Å². The first kappa shape index (κ1) is 17.3. The van der Waals surface area contributed by atoms with Crippen LogP contribution in [0.5, 0.6) is 0 Å². The second-order valence-corrected chi connectivity index (χ2v) is 6.04. The number of anilines is 1. The van der Waals surface area contributed by atoms with Crippen molar-refractivity contribution in [2.75, 3.05) is 11.6 Å². The number of amides is 1. The number of aromatic nitrogens is 2. The van der Waals surface area contributed by atoms with Gasteiger partial charge in [0, 0.05) is 11.1 Å². The number of halogens is 3. The average Bonchev–Trinajstić information content (AvgIpc) is 2.82. The van der Waals surface area contributed by atoms with Gasteiger partial charge in [0.15, 0.2) is 4.90 Å². The topological polar surface area (TPSA) is 91.1 Å². The molecule has 0 saturated heterocycles. The first-order chi connectivity index (χ1) is 10.6. The van der Waals surface area contributed by atoms with Gasteiger partial charge in [-0.2, -0.15) is 13.2 Å². The van der Waals surface area contributed by atoms with E-state index >= 15 is 0 Å². The Hall–Kier alpha value is -2.07. The summed E-state index contributed by atoms with van der Waals surface area (Å²) < 4.78 is 55.2. The van der Waals surface area contributed by atoms with Crippen LogP contribution in [0.15, 0.2) is 21.7 Å². The maximum atomic E-state index is 13.0. The SMILES string of the molecule is Cc1nonc1NC(=O)c1ccc(C(F)(F)F)c([S+](C)[O-])c1C. The molecule has 1 atom stereocenters. The van der Waals surface area contributed by atoms with Crippen molar-refractivity contribution in [2.24, 2.45) is 0 Å². The fourth-order valence-corrected chi connectivity index (χ4v) is 3.09. The van der Waals surface area contributed by atoms with Gasteiger partial charge in [-0.3, -0.25) is 4.79 Å². The van der Waals surface area contributed by atoms with Gasteiger partial charge in [-0.1, -0.05) is 5.16 Å². The number of aryl methyl sites for hydroxylation is 1. The van der Waals surface area contributed by atoms with E-state index in [1.54, 1.807) is 0 Å². The molecule has 1 aromatic heterocycles. The maximum Gasteiger partial charge on any atom is 0.421 e. The summed E-state index contributed by atoms with van der Waals surface area (Å²) in [5, 5.41) is 9.33. The standard InChI is InChI=1S/C13H12F3N3O3S/c1-6-8(12(20)17-11-7(2)18-22-19-11)4-5-9(13(14,15)16)10(6)23(3)21/h4-5H,1-3H3,(H,17,19,20). The number of nitrogens with one attached hydrogen (secondary N) is 1. The Morgan fingerprint density at radius 2 is 1.96 bits per heavy atom. The van der Waals surface area contributed by atoms with Crippen molar-refractivity contribution in [3.63, 3.8) is 0 Å². The molecule has 0 aliphatic carbocycles. The Bertz CT molecular complexity index is 744. The van der Waals surface area contributed by atoms with Crippen LogP contribution in [0.1, 0.15) is 27.2 Å². The van der Waals surface area contributed by atoms with E-state index in [0.29, 0.717) is 5.69 Å². The summed E-state index contributed by atoms with van der Waals surface area (Å²) in [5.41, 5.74) is -0.744. The van der Waals surface area contributed by atoms with Gasteiger partial charge in [0.05, 0.1) is 0 Å². The Morgan fingerprint density at radius 1 is 1.30 bits per heavy atom. The lowest BCUT2D eigenvalue weighted by Crippen LogP contribution is -2.19. The molecule has 2 rings (SSSR count). The maximum absolute atomic E-state index is 13.0. The van der Waals surface area contributed by atoms with Crippen molar-refractivity contribution in [3.8, 4) is 0 Å². The quantitative estimate of drug-likeness (QED) is 0.862. The van der Waals surface area contributed by atoms with Gasteiger partial charge in [0.1, 0.15) is 17.5 Å². The van der Waals surface area contributed by atoms with Gasteiger partial charge in [-0.15, -0.1) is 0 Å². The predicted octanol–water partition coefficient (Wildman–Crippen LogP) is 2.69. The Morgan fingerprint density at radius 3 is 2.43 bits per heavy atom. The molecule has 0 aliphatic heterocycles. The highest BCUT2D eigenvalue weighted by atomic mass is 32.2. The molecule has 6 nitrogen and oxygen atoms in total. The predicted molar refractivity (Wildman–Crippen MR) is 75.5 cm³/mol. The van der Waals surface area contributed by atoms with Gasteiger partial charge in [-0.25, -0.2) is 4.63 Å². The van der Waals surface area contributed by atoms with Crippen LogP contribution in [0.3, 0.4) is 0 Å². The summed E-state index contributed by atoms with van der Waals surface area (Å²) in [6.07, 6.45) is -3.53. The summed E-state index contributed by atoms with van der Waals surface area (Å²) in [6, 6.07) is 1.78. The minimum atomic E-state index is -4.66. The van der Waals surface area contributed by atoms with E-state index < -0.39 is 33.7 Å². The molecule has 1 amide bonds. The molecule has 10 heteroatoms. The number of carbonyl (C=O) groups is 1. The Labute approximate surface area is 132 Å². The van der Waals surface area contributed by atoms with Crippen LogP contribution >= 0.6 is 0 Å². The highest BCUT2D eigenvalue weighted by Gasteiger charge is 2.38. The van der Waals surface area contributed by atoms with E-state index in [4.69, 9.17) is 0 Å². The fourth-order valence-electron chi connectivity index (χ4n) is 2.05. The summed E-state index contributed by atoms with van der Waals surface area (Å²) in [5.74, 6) is -0.629. The molecule has 124 valence electrons. The minimum absolute atomic E-state index is 0.00716. The van der Waals surface area contributed by atoms with E-state index in [1.807, 2.05) is 0 Å². The van der Waals surface area contributed by atoms with Crippen LogP contribution in [-0.2, 0) is 17.4 Å². The smallest absolute Gasteiger partial charge is 0.421 e. The Kier molecular flexibility index (Phi) is 4.66. The molecule has 0 aliphatic rings. The normalized spacial score (nSPS) is 13.0. The van der Waals surface area contributed by atoms with Crippen molar-refractivity contribution in [2.45, 2.75) is 24.9 Å². The van der Waals surface area contributed by atoms with E-state index in [-0.39, 0.29) is 16.9 Å². The molecule has 1 unspecified atom stereocenters. The lowest BCUT2D eigenvalue weighted by molar-refractivity contribution is -0.139. The number of hydrogen-bond donors (Lipinski definition) is 1. The number of hydrogen-bond acceptors (Lipinski definition) is 5. The molecule has 1 aromatic carbocycles. The molecule has 23 heavy (non-hydrogen) atoms. The molecular formula is C13H12F3N3O3S. The van der Waals surface area contributed by atoms with E-state index in [2.05, 4.69) is 20.3 Å². The summed E-state index contributed by atoms with van der Waals surface area (Å²) in [4.78, 5) is 11.8. The summed E-state index contributed by atoms with van der Waals surface area (Å²) >= 11 is -1.91. The van der Waals surface area contributed by atoms with Crippen molar-refractivity contribution in [1.29, 1.82) is 0 Å². The summed E-state index contributed by atoms with van der Waals surface area (Å²) in [7, 11) is 0. The largest absolute Gasteiger partial charge is 0.612 e. The number of nitrogens with zero attached hydrogens (tertiary/aromatic N) is 2. The molecule has 2 aromatic rings. The van der Waals surface area contributed by atoms with Crippen LogP contribution in [0.4, 0.5) is 19.0 Å². The third kappa shape index (κ3) is 3.48. The third-order valence-corrected chi connectivity index (χ3v) is 4.23. The lowest BCUT2D eigenvalue weighted by Gasteiger charge is -2.17. The molecule has 0 radical (unpaired) electrons. The van der Waals surface area contributed by atoms with Crippen molar-refractivity contribution < 1.29 is 27.1 Å². The zero-order valence-electron chi connectivity index (χ0n) is 12.3. The monoisotopic (exact) mass is 347 g/mol. The Balaban J connectivity index is 2.46. The molecule has 1 heterocycles. The van der Waals surface area contributed by atoms with E-state index in [1.165, 1.54) is 13.8 Å². The molecule has 0 spiro atoms. The second-order valence-electron chi connectivity index (χ2n) is 4.72. The first-order valence-electron chi connectivity index (χ1n) is 6.27. The van der Waals surface area contributed by atoms with Crippen molar-refractivity contribution in [3.05, 3.63) is 34.5 Å². The lowest BCUT2D eigenvalue weighted by atomic mass is 10.0. The van der Waals surface area contributed by atoms with Gasteiger partial charge in [0.25, 0.3) is 5.91 Å². The first-order valence-corrected chi connectivity index (χ1v) is 7.83. The molecule has 1 N–H and O–H groups in total. The van der Waals surface area contributed by atoms with Crippen LogP contribution in [0.2, 0.25) is 0 Å². The van der Waals surface area contributed by atoms with E-state index in [9.17, 15) is 22.5 Å². The van der Waals surface area contributed by atoms with E-state index in [0.717, 1.165) is 18.4 Å². The van der Waals surface area contributed by atoms with Crippen molar-refractivity contribution >= 4 is 22.9 Å². The summed E-state index contributed by atoms with van der Waals surface area (Å²) in [6.45, 7) is 2.85. The van der Waals surface area contributed by atoms with Crippen LogP contribution in [0.25, 0.3) is 0 Å². The average molecular weight is 347 g/mol. The number of carbonyl (C=O) groups excluding carboxylic acids is 1. The zero-order valence-corrected chi connectivity index (χ0v) is 13.1.